The number of hydrogen-bond donors (Lipinski definition) is 1. The van der Waals surface area contributed by atoms with Crippen LogP contribution in [0, 0.1) is 11.3 Å². The summed E-state index contributed by atoms with van der Waals surface area (Å²) in [7, 11) is 0. The fraction of sp³-hybridized carbons (Fsp3) is 0.222. The van der Waals surface area contributed by atoms with Crippen molar-refractivity contribution in [1.82, 2.24) is 5.32 Å². The van der Waals surface area contributed by atoms with Crippen molar-refractivity contribution >= 4 is 5.91 Å². The minimum atomic E-state index is -0.0822. The quantitative estimate of drug-likeness (QED) is 0.914. The molecular weight excluding hydrogens is 260 g/mol. The number of carbonyl (C=O) groups excluding carboxylic acids is 1. The molecular formula is C18H16N2O. The Hall–Kier alpha value is -2.60. The third-order valence-electron chi connectivity index (χ3n) is 3.95. The molecule has 0 spiro atoms. The molecule has 0 fully saturated rings. The van der Waals surface area contributed by atoms with Crippen LogP contribution in [0.25, 0.3) is 0 Å². The van der Waals surface area contributed by atoms with Crippen molar-refractivity contribution in [2.24, 2.45) is 0 Å². The predicted molar refractivity (Wildman–Crippen MR) is 80.7 cm³/mol. The summed E-state index contributed by atoms with van der Waals surface area (Å²) < 4.78 is 0. The number of nitrogens with zero attached hydrogens (tertiary/aromatic N) is 1. The van der Waals surface area contributed by atoms with Crippen molar-refractivity contribution in [3.63, 3.8) is 0 Å². The van der Waals surface area contributed by atoms with Crippen LogP contribution < -0.4 is 5.32 Å². The minimum Gasteiger partial charge on any atom is -0.345 e. The molecule has 0 unspecified atom stereocenters. The Morgan fingerprint density at radius 1 is 1.14 bits per heavy atom. The number of benzene rings is 2. The fourth-order valence-electron chi connectivity index (χ4n) is 2.84. The van der Waals surface area contributed by atoms with Crippen LogP contribution in [0.15, 0.2) is 48.5 Å². The Balaban J connectivity index is 1.78. The van der Waals surface area contributed by atoms with Gasteiger partial charge in [0.2, 0.25) is 0 Å². The maximum atomic E-state index is 12.3. The summed E-state index contributed by atoms with van der Waals surface area (Å²) in [5.41, 5.74) is 3.71. The van der Waals surface area contributed by atoms with E-state index < -0.39 is 0 Å². The average molecular weight is 276 g/mol. The molecule has 1 aliphatic carbocycles. The van der Waals surface area contributed by atoms with Gasteiger partial charge < -0.3 is 5.32 Å². The minimum absolute atomic E-state index is 0.0816. The van der Waals surface area contributed by atoms with Crippen LogP contribution in [0.4, 0.5) is 0 Å². The highest BCUT2D eigenvalue weighted by Crippen LogP contribution is 2.29. The lowest BCUT2D eigenvalue weighted by molar-refractivity contribution is 0.0933. The molecule has 0 heterocycles. The van der Waals surface area contributed by atoms with Gasteiger partial charge in [-0.25, -0.2) is 0 Å². The molecule has 2 aromatic rings. The summed E-state index contributed by atoms with van der Waals surface area (Å²) in [6.45, 7) is 0. The Labute approximate surface area is 124 Å². The number of rotatable bonds is 2. The molecule has 0 bridgehead atoms. The summed E-state index contributed by atoms with van der Waals surface area (Å²) in [5, 5.41) is 11.9. The van der Waals surface area contributed by atoms with Gasteiger partial charge in [-0.05, 0) is 54.7 Å². The van der Waals surface area contributed by atoms with Crippen LogP contribution in [0.2, 0.25) is 0 Å². The number of hydrogen-bond acceptors (Lipinski definition) is 2. The standard InChI is InChI=1S/C18H16N2O/c19-12-13-8-10-15(11-9-13)18(21)20-17-7-3-5-14-4-1-2-6-16(14)17/h1-2,4,6,8-11,17H,3,5,7H2,(H,20,21)/t17-/m1/s1. The molecule has 1 atom stereocenters. The van der Waals surface area contributed by atoms with E-state index in [-0.39, 0.29) is 11.9 Å². The molecule has 0 saturated heterocycles. The van der Waals surface area contributed by atoms with Crippen LogP contribution in [0.3, 0.4) is 0 Å². The van der Waals surface area contributed by atoms with E-state index in [9.17, 15) is 4.79 Å². The molecule has 3 nitrogen and oxygen atoms in total. The van der Waals surface area contributed by atoms with E-state index in [1.54, 1.807) is 24.3 Å². The van der Waals surface area contributed by atoms with Gasteiger partial charge in [0.25, 0.3) is 5.91 Å². The fourth-order valence-corrected chi connectivity index (χ4v) is 2.84. The molecule has 2 aromatic carbocycles. The first kappa shape index (κ1) is 13.4. The molecule has 1 aliphatic rings. The number of amides is 1. The van der Waals surface area contributed by atoms with E-state index >= 15 is 0 Å². The van der Waals surface area contributed by atoms with Crippen molar-refractivity contribution in [2.75, 3.05) is 0 Å². The Morgan fingerprint density at radius 2 is 1.90 bits per heavy atom. The van der Waals surface area contributed by atoms with Gasteiger partial charge in [0.15, 0.2) is 0 Å². The lowest BCUT2D eigenvalue weighted by Crippen LogP contribution is -2.30. The summed E-state index contributed by atoms with van der Waals surface area (Å²) >= 11 is 0. The first-order valence-corrected chi connectivity index (χ1v) is 7.17. The van der Waals surface area contributed by atoms with Crippen LogP contribution in [-0.4, -0.2) is 5.91 Å². The van der Waals surface area contributed by atoms with Gasteiger partial charge in [-0.15, -0.1) is 0 Å². The molecule has 3 rings (SSSR count). The number of carbonyl (C=O) groups is 1. The van der Waals surface area contributed by atoms with Crippen molar-refractivity contribution in [3.8, 4) is 6.07 Å². The Kier molecular flexibility index (Phi) is 3.70. The van der Waals surface area contributed by atoms with Crippen LogP contribution in [-0.2, 0) is 6.42 Å². The topological polar surface area (TPSA) is 52.9 Å². The number of fused-ring (bicyclic) bond motifs is 1. The van der Waals surface area contributed by atoms with E-state index in [2.05, 4.69) is 23.5 Å². The highest BCUT2D eigenvalue weighted by atomic mass is 16.1. The Bertz CT molecular complexity index is 698. The normalized spacial score (nSPS) is 16.6. The van der Waals surface area contributed by atoms with Crippen molar-refractivity contribution in [3.05, 3.63) is 70.8 Å². The SMILES string of the molecule is N#Cc1ccc(C(=O)N[C@@H]2CCCc3ccccc32)cc1. The molecule has 0 radical (unpaired) electrons. The third kappa shape index (κ3) is 2.80. The zero-order valence-electron chi connectivity index (χ0n) is 11.7. The summed E-state index contributed by atoms with van der Waals surface area (Å²) in [5.74, 6) is -0.0822. The highest BCUT2D eigenvalue weighted by Gasteiger charge is 2.21. The lowest BCUT2D eigenvalue weighted by atomic mass is 9.87. The summed E-state index contributed by atoms with van der Waals surface area (Å²) in [6.07, 6.45) is 3.15. The molecule has 1 amide bonds. The van der Waals surface area contributed by atoms with E-state index in [0.717, 1.165) is 19.3 Å². The van der Waals surface area contributed by atoms with Crippen molar-refractivity contribution < 1.29 is 4.79 Å². The maximum Gasteiger partial charge on any atom is 0.251 e. The average Bonchev–Trinajstić information content (AvgIpc) is 2.55. The molecule has 0 aromatic heterocycles. The Morgan fingerprint density at radius 3 is 2.67 bits per heavy atom. The van der Waals surface area contributed by atoms with E-state index in [1.807, 2.05) is 12.1 Å². The predicted octanol–water partition coefficient (Wildman–Crippen LogP) is 3.37. The number of nitrogens with one attached hydrogen (secondary N) is 1. The largest absolute Gasteiger partial charge is 0.345 e. The van der Waals surface area contributed by atoms with Gasteiger partial charge in [0.1, 0.15) is 0 Å². The summed E-state index contributed by atoms with van der Waals surface area (Å²) in [6, 6.07) is 17.2. The van der Waals surface area contributed by atoms with Gasteiger partial charge in [0, 0.05) is 5.56 Å². The zero-order valence-corrected chi connectivity index (χ0v) is 11.7. The highest BCUT2D eigenvalue weighted by molar-refractivity contribution is 5.94. The van der Waals surface area contributed by atoms with Crippen molar-refractivity contribution in [2.45, 2.75) is 25.3 Å². The molecule has 1 N–H and O–H groups in total. The molecule has 0 aliphatic heterocycles. The van der Waals surface area contributed by atoms with Crippen LogP contribution in [0.5, 0.6) is 0 Å². The second-order valence-electron chi connectivity index (χ2n) is 5.31. The van der Waals surface area contributed by atoms with Crippen molar-refractivity contribution in [1.29, 1.82) is 5.26 Å². The molecule has 0 saturated carbocycles. The van der Waals surface area contributed by atoms with Gasteiger partial charge in [0.05, 0.1) is 17.7 Å². The van der Waals surface area contributed by atoms with Gasteiger partial charge in [-0.3, -0.25) is 4.79 Å². The maximum absolute atomic E-state index is 12.3. The molecule has 104 valence electrons. The lowest BCUT2D eigenvalue weighted by Gasteiger charge is -2.26. The first-order valence-electron chi connectivity index (χ1n) is 7.17. The zero-order chi connectivity index (χ0) is 14.7. The number of aryl methyl sites for hydroxylation is 1. The van der Waals surface area contributed by atoms with Gasteiger partial charge in [-0.2, -0.15) is 5.26 Å². The second kappa shape index (κ2) is 5.80. The van der Waals surface area contributed by atoms with Gasteiger partial charge in [-0.1, -0.05) is 24.3 Å². The molecule has 21 heavy (non-hydrogen) atoms. The first-order chi connectivity index (χ1) is 10.3. The van der Waals surface area contributed by atoms with Crippen LogP contribution >= 0.6 is 0 Å². The smallest absolute Gasteiger partial charge is 0.251 e. The van der Waals surface area contributed by atoms with E-state index in [4.69, 9.17) is 5.26 Å². The molecule has 3 heteroatoms. The van der Waals surface area contributed by atoms with Crippen LogP contribution in [0.1, 0.15) is 45.9 Å². The van der Waals surface area contributed by atoms with E-state index in [1.165, 1.54) is 11.1 Å². The summed E-state index contributed by atoms with van der Waals surface area (Å²) in [4.78, 5) is 12.3. The van der Waals surface area contributed by atoms with Gasteiger partial charge >= 0.3 is 0 Å². The number of nitriles is 1. The third-order valence-corrected chi connectivity index (χ3v) is 3.95. The second-order valence-corrected chi connectivity index (χ2v) is 5.31. The monoisotopic (exact) mass is 276 g/mol. The van der Waals surface area contributed by atoms with E-state index in [0.29, 0.717) is 11.1 Å².